The third-order valence-electron chi connectivity index (χ3n) is 2.10. The monoisotopic (exact) mass is 218 g/mol. The van der Waals surface area contributed by atoms with Crippen LogP contribution < -0.4 is 0 Å². The lowest BCUT2D eigenvalue weighted by Gasteiger charge is -2.18. The summed E-state index contributed by atoms with van der Waals surface area (Å²) in [5.74, 6) is -0.339. The summed E-state index contributed by atoms with van der Waals surface area (Å²) in [5.41, 5.74) is -0.00557. The van der Waals surface area contributed by atoms with Crippen LogP contribution in [0.15, 0.2) is 24.7 Å². The number of fused-ring (bicyclic) bond motifs is 1. The Balaban J connectivity index is 2.37. The fraction of sp³-hybridized carbons (Fsp3) is 0.333. The van der Waals surface area contributed by atoms with Crippen LogP contribution in [0.5, 0.6) is 0 Å². The molecule has 0 fully saturated rings. The number of pyridine rings is 1. The maximum Gasteiger partial charge on any atom is 0.355 e. The summed E-state index contributed by atoms with van der Waals surface area (Å²) in [6.07, 6.45) is 5.12. The van der Waals surface area contributed by atoms with Crippen LogP contribution in [0.4, 0.5) is 0 Å². The normalized spacial score (nSPS) is 11.7. The van der Waals surface area contributed by atoms with E-state index in [0.29, 0.717) is 5.69 Å². The minimum Gasteiger partial charge on any atom is -0.455 e. The van der Waals surface area contributed by atoms with Gasteiger partial charge >= 0.3 is 5.97 Å². The van der Waals surface area contributed by atoms with Crippen molar-refractivity contribution < 1.29 is 9.53 Å². The zero-order valence-corrected chi connectivity index (χ0v) is 9.57. The molecule has 2 aromatic rings. The van der Waals surface area contributed by atoms with E-state index in [0.717, 1.165) is 10.8 Å². The van der Waals surface area contributed by atoms with Gasteiger partial charge in [0.05, 0.1) is 0 Å². The molecule has 0 saturated heterocycles. The molecular formula is C12H14N2O2. The van der Waals surface area contributed by atoms with Gasteiger partial charge in [-0.1, -0.05) is 0 Å². The number of carbonyl (C=O) groups excluding carboxylic acids is 1. The molecule has 0 bridgehead atoms. The Morgan fingerprint density at radius 2 is 2.19 bits per heavy atom. The average Bonchev–Trinajstić information content (AvgIpc) is 2.58. The van der Waals surface area contributed by atoms with Crippen LogP contribution in [-0.4, -0.2) is 21.5 Å². The zero-order valence-electron chi connectivity index (χ0n) is 9.57. The lowest BCUT2D eigenvalue weighted by Crippen LogP contribution is -2.24. The molecule has 2 heterocycles. The van der Waals surface area contributed by atoms with Gasteiger partial charge in [0.2, 0.25) is 0 Å². The van der Waals surface area contributed by atoms with Gasteiger partial charge in [-0.3, -0.25) is 4.98 Å². The molecule has 0 aliphatic carbocycles. The van der Waals surface area contributed by atoms with Crippen molar-refractivity contribution >= 4 is 16.7 Å². The summed E-state index contributed by atoms with van der Waals surface area (Å²) < 4.78 is 5.30. The van der Waals surface area contributed by atoms with Crippen LogP contribution in [0, 0.1) is 0 Å². The second-order valence-electron chi connectivity index (χ2n) is 4.63. The molecule has 0 aliphatic rings. The van der Waals surface area contributed by atoms with E-state index in [2.05, 4.69) is 9.97 Å². The first-order chi connectivity index (χ1) is 7.47. The molecule has 0 radical (unpaired) electrons. The van der Waals surface area contributed by atoms with Gasteiger partial charge in [0.15, 0.2) is 0 Å². The highest BCUT2D eigenvalue weighted by atomic mass is 16.6. The molecule has 0 atom stereocenters. The minimum absolute atomic E-state index is 0.339. The van der Waals surface area contributed by atoms with Gasteiger partial charge in [-0.2, -0.15) is 0 Å². The average molecular weight is 218 g/mol. The molecule has 4 nitrogen and oxygen atoms in total. The fourth-order valence-electron chi connectivity index (χ4n) is 1.48. The van der Waals surface area contributed by atoms with Crippen LogP contribution >= 0.6 is 0 Å². The molecule has 1 N–H and O–H groups in total. The van der Waals surface area contributed by atoms with Crippen molar-refractivity contribution in [2.45, 2.75) is 26.4 Å². The smallest absolute Gasteiger partial charge is 0.355 e. The van der Waals surface area contributed by atoms with Crippen LogP contribution in [0.2, 0.25) is 0 Å². The maximum absolute atomic E-state index is 11.9. The van der Waals surface area contributed by atoms with Crippen LogP contribution in [0.3, 0.4) is 0 Å². The SMILES string of the molecule is CC(C)(C)OC(=O)c1[nH]cc2cnccc12. The summed E-state index contributed by atoms with van der Waals surface area (Å²) in [7, 11) is 0. The predicted octanol–water partition coefficient (Wildman–Crippen LogP) is 2.52. The number of nitrogens with zero attached hydrogens (tertiary/aromatic N) is 1. The van der Waals surface area contributed by atoms with E-state index in [1.807, 2.05) is 20.8 Å². The van der Waals surface area contributed by atoms with Crippen molar-refractivity contribution in [3.63, 3.8) is 0 Å². The lowest BCUT2D eigenvalue weighted by molar-refractivity contribution is 0.00659. The number of nitrogens with one attached hydrogen (secondary N) is 1. The molecule has 0 saturated carbocycles. The molecule has 0 aliphatic heterocycles. The second kappa shape index (κ2) is 3.63. The quantitative estimate of drug-likeness (QED) is 0.748. The van der Waals surface area contributed by atoms with Crippen LogP contribution in [-0.2, 0) is 4.74 Å². The number of rotatable bonds is 1. The minimum atomic E-state index is -0.485. The maximum atomic E-state index is 11.9. The summed E-state index contributed by atoms with van der Waals surface area (Å²) in [4.78, 5) is 18.8. The highest BCUT2D eigenvalue weighted by molar-refractivity contribution is 6.03. The number of carbonyl (C=O) groups is 1. The Morgan fingerprint density at radius 3 is 2.88 bits per heavy atom. The van der Waals surface area contributed by atoms with Gasteiger partial charge in [0, 0.05) is 29.4 Å². The highest BCUT2D eigenvalue weighted by Gasteiger charge is 2.20. The standard InChI is InChI=1S/C12H14N2O2/c1-12(2,3)16-11(15)10-9-4-5-13-6-8(9)7-14-10/h4-7,14H,1-3H3. The Bertz CT molecular complexity index is 523. The molecule has 0 amide bonds. The van der Waals surface area contributed by atoms with E-state index < -0.39 is 5.60 Å². The van der Waals surface area contributed by atoms with Crippen molar-refractivity contribution in [3.05, 3.63) is 30.4 Å². The number of aromatic amines is 1. The predicted molar refractivity (Wildman–Crippen MR) is 61.3 cm³/mol. The van der Waals surface area contributed by atoms with E-state index in [1.54, 1.807) is 24.7 Å². The molecule has 84 valence electrons. The van der Waals surface area contributed by atoms with Crippen molar-refractivity contribution in [1.29, 1.82) is 0 Å². The van der Waals surface area contributed by atoms with E-state index >= 15 is 0 Å². The van der Waals surface area contributed by atoms with Gasteiger partial charge in [-0.05, 0) is 26.8 Å². The lowest BCUT2D eigenvalue weighted by atomic mass is 10.2. The van der Waals surface area contributed by atoms with Crippen LogP contribution in [0.1, 0.15) is 31.3 Å². The first kappa shape index (κ1) is 10.7. The van der Waals surface area contributed by atoms with Crippen molar-refractivity contribution in [3.8, 4) is 0 Å². The number of ether oxygens (including phenoxy) is 1. The molecular weight excluding hydrogens is 204 g/mol. The number of aromatic nitrogens is 2. The second-order valence-corrected chi connectivity index (χ2v) is 4.63. The van der Waals surface area contributed by atoms with E-state index in [1.165, 1.54) is 0 Å². The summed E-state index contributed by atoms with van der Waals surface area (Å²) in [6, 6.07) is 1.80. The summed E-state index contributed by atoms with van der Waals surface area (Å²) in [5, 5.41) is 1.74. The number of esters is 1. The first-order valence-corrected chi connectivity index (χ1v) is 5.12. The molecule has 0 spiro atoms. The molecule has 0 unspecified atom stereocenters. The summed E-state index contributed by atoms with van der Waals surface area (Å²) in [6.45, 7) is 5.53. The van der Waals surface area contributed by atoms with Gasteiger partial charge in [0.1, 0.15) is 11.3 Å². The highest BCUT2D eigenvalue weighted by Crippen LogP contribution is 2.19. The Kier molecular flexibility index (Phi) is 2.42. The van der Waals surface area contributed by atoms with Crippen molar-refractivity contribution in [2.75, 3.05) is 0 Å². The largest absolute Gasteiger partial charge is 0.455 e. The molecule has 16 heavy (non-hydrogen) atoms. The van der Waals surface area contributed by atoms with E-state index in [9.17, 15) is 4.79 Å². The number of H-pyrrole nitrogens is 1. The first-order valence-electron chi connectivity index (χ1n) is 5.12. The number of hydrogen-bond donors (Lipinski definition) is 1. The van der Waals surface area contributed by atoms with Gasteiger partial charge in [-0.25, -0.2) is 4.79 Å². The Labute approximate surface area is 93.6 Å². The molecule has 2 aromatic heterocycles. The van der Waals surface area contributed by atoms with Crippen molar-refractivity contribution in [2.24, 2.45) is 0 Å². The Morgan fingerprint density at radius 1 is 1.44 bits per heavy atom. The van der Waals surface area contributed by atoms with E-state index in [4.69, 9.17) is 4.74 Å². The third-order valence-corrected chi connectivity index (χ3v) is 2.10. The molecule has 2 rings (SSSR count). The summed E-state index contributed by atoms with van der Waals surface area (Å²) >= 11 is 0. The Hall–Kier alpha value is -1.84. The fourth-order valence-corrected chi connectivity index (χ4v) is 1.48. The third kappa shape index (κ3) is 2.05. The van der Waals surface area contributed by atoms with Gasteiger partial charge in [0.25, 0.3) is 0 Å². The van der Waals surface area contributed by atoms with Gasteiger partial charge < -0.3 is 9.72 Å². The number of hydrogen-bond acceptors (Lipinski definition) is 3. The topological polar surface area (TPSA) is 55.0 Å². The molecule has 4 heteroatoms. The van der Waals surface area contributed by atoms with Crippen LogP contribution in [0.25, 0.3) is 10.8 Å². The van der Waals surface area contributed by atoms with Crippen molar-refractivity contribution in [1.82, 2.24) is 9.97 Å². The molecule has 0 aromatic carbocycles. The zero-order chi connectivity index (χ0) is 11.8. The van der Waals surface area contributed by atoms with Gasteiger partial charge in [-0.15, -0.1) is 0 Å². The van der Waals surface area contributed by atoms with E-state index in [-0.39, 0.29) is 5.97 Å².